The molecule has 0 radical (unpaired) electrons. The SMILES string of the molecule is COC(=O)c1cc(OC)ncc1-c1cc(Cl)c(Cl)cc1Cl. The summed E-state index contributed by atoms with van der Waals surface area (Å²) in [6, 6.07) is 4.55. The Labute approximate surface area is 136 Å². The van der Waals surface area contributed by atoms with E-state index < -0.39 is 5.97 Å². The van der Waals surface area contributed by atoms with E-state index in [1.54, 1.807) is 6.07 Å². The van der Waals surface area contributed by atoms with Crippen LogP contribution in [0.15, 0.2) is 24.4 Å². The minimum absolute atomic E-state index is 0.268. The first kappa shape index (κ1) is 15.9. The van der Waals surface area contributed by atoms with Crippen molar-refractivity contribution in [3.05, 3.63) is 45.0 Å². The van der Waals surface area contributed by atoms with Crippen LogP contribution in [0.3, 0.4) is 0 Å². The lowest BCUT2D eigenvalue weighted by atomic mass is 10.0. The molecule has 0 unspecified atom stereocenters. The molecule has 1 aromatic carbocycles. The van der Waals surface area contributed by atoms with Crippen molar-refractivity contribution in [1.82, 2.24) is 4.98 Å². The van der Waals surface area contributed by atoms with E-state index in [0.717, 1.165) is 0 Å². The van der Waals surface area contributed by atoms with E-state index in [0.29, 0.717) is 26.2 Å². The maximum atomic E-state index is 11.9. The summed E-state index contributed by atoms with van der Waals surface area (Å²) in [5.74, 6) is -0.247. The van der Waals surface area contributed by atoms with Gasteiger partial charge in [-0.1, -0.05) is 34.8 Å². The Morgan fingerprint density at radius 3 is 2.29 bits per heavy atom. The summed E-state index contributed by atoms with van der Waals surface area (Å²) in [5, 5.41) is 0.996. The molecule has 0 N–H and O–H groups in total. The van der Waals surface area contributed by atoms with E-state index in [4.69, 9.17) is 44.3 Å². The normalized spacial score (nSPS) is 10.3. The standard InChI is InChI=1S/C14H10Cl3NO3/c1-20-13-4-8(14(19)21-2)9(6-18-13)7-3-11(16)12(17)5-10(7)15/h3-6H,1-2H3. The van der Waals surface area contributed by atoms with Crippen LogP contribution in [0.4, 0.5) is 0 Å². The van der Waals surface area contributed by atoms with Gasteiger partial charge in [0.05, 0.1) is 34.9 Å². The second-order valence-electron chi connectivity index (χ2n) is 4.01. The van der Waals surface area contributed by atoms with Gasteiger partial charge in [-0.3, -0.25) is 0 Å². The zero-order valence-electron chi connectivity index (χ0n) is 11.1. The van der Waals surface area contributed by atoms with Crippen molar-refractivity contribution >= 4 is 40.8 Å². The molecule has 0 fully saturated rings. The molecule has 0 amide bonds. The molecule has 1 heterocycles. The predicted molar refractivity (Wildman–Crippen MR) is 82.6 cm³/mol. The summed E-state index contributed by atoms with van der Waals surface area (Å²) in [5.41, 5.74) is 1.28. The van der Waals surface area contributed by atoms with Crippen LogP contribution in [-0.4, -0.2) is 25.2 Å². The third-order valence-corrected chi connectivity index (χ3v) is 3.83. The van der Waals surface area contributed by atoms with Gasteiger partial charge in [-0.05, 0) is 12.1 Å². The Bertz CT molecular complexity index is 704. The predicted octanol–water partition coefficient (Wildman–Crippen LogP) is 4.50. The van der Waals surface area contributed by atoms with Crippen molar-refractivity contribution in [1.29, 1.82) is 0 Å². The summed E-state index contributed by atoms with van der Waals surface area (Å²) in [7, 11) is 2.74. The first-order valence-electron chi connectivity index (χ1n) is 5.75. The number of pyridine rings is 1. The number of aromatic nitrogens is 1. The van der Waals surface area contributed by atoms with Gasteiger partial charge in [0.2, 0.25) is 5.88 Å². The third kappa shape index (κ3) is 3.23. The minimum atomic E-state index is -0.534. The zero-order valence-corrected chi connectivity index (χ0v) is 13.4. The minimum Gasteiger partial charge on any atom is -0.481 e. The molecular formula is C14H10Cl3NO3. The van der Waals surface area contributed by atoms with Gasteiger partial charge in [0, 0.05) is 23.4 Å². The number of methoxy groups -OCH3 is 2. The number of carbonyl (C=O) groups is 1. The van der Waals surface area contributed by atoms with Crippen LogP contribution in [0.25, 0.3) is 11.1 Å². The fourth-order valence-electron chi connectivity index (χ4n) is 1.77. The molecule has 0 atom stereocenters. The van der Waals surface area contributed by atoms with Crippen LogP contribution in [0.2, 0.25) is 15.1 Å². The van der Waals surface area contributed by atoms with Crippen molar-refractivity contribution in [2.45, 2.75) is 0 Å². The smallest absolute Gasteiger partial charge is 0.338 e. The van der Waals surface area contributed by atoms with Crippen molar-refractivity contribution in [2.75, 3.05) is 14.2 Å². The van der Waals surface area contributed by atoms with Gasteiger partial charge in [-0.2, -0.15) is 0 Å². The first-order valence-corrected chi connectivity index (χ1v) is 6.88. The molecule has 0 saturated heterocycles. The Hall–Kier alpha value is -1.49. The number of carbonyl (C=O) groups excluding carboxylic acids is 1. The Morgan fingerprint density at radius 1 is 1.00 bits per heavy atom. The van der Waals surface area contributed by atoms with Gasteiger partial charge in [-0.25, -0.2) is 9.78 Å². The van der Waals surface area contributed by atoms with Gasteiger partial charge in [-0.15, -0.1) is 0 Å². The fraction of sp³-hybridized carbons (Fsp3) is 0.143. The Morgan fingerprint density at radius 2 is 1.67 bits per heavy atom. The summed E-state index contributed by atoms with van der Waals surface area (Å²) >= 11 is 18.1. The van der Waals surface area contributed by atoms with E-state index in [1.165, 1.54) is 32.5 Å². The number of rotatable bonds is 3. The number of hydrogen-bond donors (Lipinski definition) is 0. The van der Waals surface area contributed by atoms with Crippen molar-refractivity contribution < 1.29 is 14.3 Å². The molecule has 7 heteroatoms. The molecule has 2 rings (SSSR count). The first-order chi connectivity index (χ1) is 9.97. The summed E-state index contributed by atoms with van der Waals surface area (Å²) in [6.45, 7) is 0. The molecule has 0 aliphatic rings. The second-order valence-corrected chi connectivity index (χ2v) is 5.23. The maximum Gasteiger partial charge on any atom is 0.338 e. The Balaban J connectivity index is 2.68. The van der Waals surface area contributed by atoms with Crippen LogP contribution in [0, 0.1) is 0 Å². The topological polar surface area (TPSA) is 48.4 Å². The van der Waals surface area contributed by atoms with E-state index in [-0.39, 0.29) is 11.4 Å². The second kappa shape index (κ2) is 6.52. The average molecular weight is 347 g/mol. The van der Waals surface area contributed by atoms with Gasteiger partial charge in [0.15, 0.2) is 0 Å². The molecule has 21 heavy (non-hydrogen) atoms. The van der Waals surface area contributed by atoms with E-state index >= 15 is 0 Å². The molecule has 0 aliphatic carbocycles. The average Bonchev–Trinajstić information content (AvgIpc) is 2.49. The third-order valence-electron chi connectivity index (χ3n) is 2.79. The van der Waals surface area contributed by atoms with Crippen LogP contribution in [0.5, 0.6) is 5.88 Å². The number of benzene rings is 1. The lowest BCUT2D eigenvalue weighted by Crippen LogP contribution is -2.05. The highest BCUT2D eigenvalue weighted by Gasteiger charge is 2.18. The molecule has 0 aliphatic heterocycles. The van der Waals surface area contributed by atoms with Crippen molar-refractivity contribution in [3.8, 4) is 17.0 Å². The summed E-state index contributed by atoms with van der Waals surface area (Å²) < 4.78 is 9.78. The molecule has 4 nitrogen and oxygen atoms in total. The van der Waals surface area contributed by atoms with E-state index in [1.807, 2.05) is 0 Å². The highest BCUT2D eigenvalue weighted by atomic mass is 35.5. The highest BCUT2D eigenvalue weighted by Crippen LogP contribution is 2.37. The monoisotopic (exact) mass is 345 g/mol. The molecule has 0 spiro atoms. The molecule has 1 aromatic heterocycles. The van der Waals surface area contributed by atoms with Crippen LogP contribution in [-0.2, 0) is 4.74 Å². The lowest BCUT2D eigenvalue weighted by molar-refractivity contribution is 0.0601. The number of nitrogens with zero attached hydrogens (tertiary/aromatic N) is 1. The number of esters is 1. The molecule has 110 valence electrons. The molecule has 2 aromatic rings. The van der Waals surface area contributed by atoms with Crippen molar-refractivity contribution in [3.63, 3.8) is 0 Å². The quantitative estimate of drug-likeness (QED) is 0.606. The number of hydrogen-bond acceptors (Lipinski definition) is 4. The summed E-state index contributed by atoms with van der Waals surface area (Å²) in [6.07, 6.45) is 1.47. The fourth-order valence-corrected chi connectivity index (χ4v) is 2.42. The lowest BCUT2D eigenvalue weighted by Gasteiger charge is -2.11. The van der Waals surface area contributed by atoms with Gasteiger partial charge >= 0.3 is 5.97 Å². The summed E-state index contributed by atoms with van der Waals surface area (Å²) in [4.78, 5) is 16.0. The van der Waals surface area contributed by atoms with Crippen molar-refractivity contribution in [2.24, 2.45) is 0 Å². The van der Waals surface area contributed by atoms with Crippen LogP contribution < -0.4 is 4.74 Å². The van der Waals surface area contributed by atoms with E-state index in [9.17, 15) is 4.79 Å². The Kier molecular flexibility index (Phi) is 4.93. The van der Waals surface area contributed by atoms with Gasteiger partial charge in [0.25, 0.3) is 0 Å². The number of halogens is 3. The maximum absolute atomic E-state index is 11.9. The largest absolute Gasteiger partial charge is 0.481 e. The van der Waals surface area contributed by atoms with E-state index in [2.05, 4.69) is 4.98 Å². The zero-order chi connectivity index (χ0) is 15.6. The van der Waals surface area contributed by atoms with Gasteiger partial charge < -0.3 is 9.47 Å². The molecule has 0 bridgehead atoms. The van der Waals surface area contributed by atoms with Gasteiger partial charge in [0.1, 0.15) is 0 Å². The molecule has 0 saturated carbocycles. The number of ether oxygens (including phenoxy) is 2. The van der Waals surface area contributed by atoms with Crippen LogP contribution >= 0.6 is 34.8 Å². The van der Waals surface area contributed by atoms with Crippen LogP contribution in [0.1, 0.15) is 10.4 Å². The molecular weight excluding hydrogens is 337 g/mol. The highest BCUT2D eigenvalue weighted by molar-refractivity contribution is 6.44.